The summed E-state index contributed by atoms with van der Waals surface area (Å²) < 4.78 is 4.94. The Balaban J connectivity index is 1.92. The van der Waals surface area contributed by atoms with Crippen molar-refractivity contribution in [3.8, 4) is 0 Å². The van der Waals surface area contributed by atoms with E-state index in [9.17, 15) is 29.4 Å². The molecule has 132 valence electrons. The van der Waals surface area contributed by atoms with Crippen LogP contribution < -0.4 is 0 Å². The molecule has 1 saturated heterocycles. The maximum Gasteiger partial charge on any atom is 0.320 e. The predicted octanol–water partition coefficient (Wildman–Crippen LogP) is 1.69. The Bertz CT molecular complexity index is 598. The number of carboxylic acid groups (broad SMARTS) is 2. The third-order valence-corrected chi connectivity index (χ3v) is 6.38. The lowest BCUT2D eigenvalue weighted by molar-refractivity contribution is -0.163. The molecule has 1 heterocycles. The van der Waals surface area contributed by atoms with Gasteiger partial charge in [0.05, 0.1) is 23.2 Å². The number of ether oxygens (including phenoxy) is 1. The van der Waals surface area contributed by atoms with Gasteiger partial charge in [0.15, 0.2) is 0 Å². The molecule has 2 aliphatic carbocycles. The van der Waals surface area contributed by atoms with Crippen molar-refractivity contribution in [1.29, 1.82) is 0 Å². The lowest BCUT2D eigenvalue weighted by Gasteiger charge is -2.45. The second kappa shape index (κ2) is 5.86. The van der Waals surface area contributed by atoms with Gasteiger partial charge in [-0.25, -0.2) is 0 Å². The fraction of sp³-hybridized carbons (Fsp3) is 0.765. The van der Waals surface area contributed by atoms with E-state index in [2.05, 4.69) is 0 Å². The first-order valence-corrected chi connectivity index (χ1v) is 8.49. The highest BCUT2D eigenvalue weighted by Crippen LogP contribution is 2.57. The highest BCUT2D eigenvalue weighted by molar-refractivity contribution is 5.99. The number of hydrogen-bond donors (Lipinski definition) is 2. The van der Waals surface area contributed by atoms with Crippen molar-refractivity contribution in [3.05, 3.63) is 0 Å². The maximum absolute atomic E-state index is 12.5. The molecule has 3 aliphatic rings. The molecule has 0 spiro atoms. The van der Waals surface area contributed by atoms with E-state index < -0.39 is 47.0 Å². The van der Waals surface area contributed by atoms with Crippen LogP contribution in [0.15, 0.2) is 0 Å². The SMILES string of the molecule is CC1CCC2(C3CCC(C(=O)O)C(C(=O)O)C3)C(=O)OC(=O)C2C1. The average Bonchev–Trinajstić information content (AvgIpc) is 2.78. The van der Waals surface area contributed by atoms with Gasteiger partial charge in [-0.2, -0.15) is 0 Å². The largest absolute Gasteiger partial charge is 0.481 e. The summed E-state index contributed by atoms with van der Waals surface area (Å²) in [6, 6.07) is 0. The van der Waals surface area contributed by atoms with Gasteiger partial charge in [0.2, 0.25) is 0 Å². The third-order valence-electron chi connectivity index (χ3n) is 6.38. The summed E-state index contributed by atoms with van der Waals surface area (Å²) in [5.74, 6) is -5.79. The van der Waals surface area contributed by atoms with E-state index in [0.717, 1.165) is 6.42 Å². The van der Waals surface area contributed by atoms with Gasteiger partial charge < -0.3 is 14.9 Å². The Morgan fingerprint density at radius 1 is 1.04 bits per heavy atom. The number of carbonyl (C=O) groups excluding carboxylic acids is 2. The Kier molecular flexibility index (Phi) is 4.13. The van der Waals surface area contributed by atoms with Crippen LogP contribution in [-0.4, -0.2) is 34.1 Å². The fourth-order valence-corrected chi connectivity index (χ4v) is 5.06. The van der Waals surface area contributed by atoms with E-state index >= 15 is 0 Å². The second-order valence-electron chi connectivity index (χ2n) is 7.58. The average molecular weight is 338 g/mol. The molecule has 6 atom stereocenters. The molecule has 3 rings (SSSR count). The predicted molar refractivity (Wildman–Crippen MR) is 79.6 cm³/mol. The van der Waals surface area contributed by atoms with Gasteiger partial charge in [0.1, 0.15) is 0 Å². The number of rotatable bonds is 3. The number of cyclic esters (lactones) is 2. The third kappa shape index (κ3) is 2.41. The van der Waals surface area contributed by atoms with Crippen molar-refractivity contribution < 1.29 is 34.1 Å². The van der Waals surface area contributed by atoms with Gasteiger partial charge in [-0.05, 0) is 50.4 Å². The number of esters is 2. The van der Waals surface area contributed by atoms with E-state index in [1.807, 2.05) is 6.92 Å². The topological polar surface area (TPSA) is 118 Å². The van der Waals surface area contributed by atoms with Crippen LogP contribution in [-0.2, 0) is 23.9 Å². The van der Waals surface area contributed by atoms with E-state index in [-0.39, 0.29) is 18.8 Å². The second-order valence-corrected chi connectivity index (χ2v) is 7.58. The van der Waals surface area contributed by atoms with Crippen molar-refractivity contribution in [1.82, 2.24) is 0 Å². The summed E-state index contributed by atoms with van der Waals surface area (Å²) in [5.41, 5.74) is -0.958. The molecule has 0 aromatic carbocycles. The van der Waals surface area contributed by atoms with E-state index in [1.165, 1.54) is 0 Å². The van der Waals surface area contributed by atoms with Gasteiger partial charge in [-0.3, -0.25) is 19.2 Å². The lowest BCUT2D eigenvalue weighted by atomic mass is 9.54. The van der Waals surface area contributed by atoms with E-state index in [4.69, 9.17) is 4.74 Å². The fourth-order valence-electron chi connectivity index (χ4n) is 5.06. The van der Waals surface area contributed by atoms with Crippen molar-refractivity contribution in [2.24, 2.45) is 35.0 Å². The zero-order chi connectivity index (χ0) is 17.6. The van der Waals surface area contributed by atoms with Crippen LogP contribution in [0.25, 0.3) is 0 Å². The number of aliphatic carboxylic acids is 2. The normalized spacial score (nSPS) is 42.3. The molecule has 0 amide bonds. The lowest BCUT2D eigenvalue weighted by Crippen LogP contribution is -2.49. The molecule has 6 unspecified atom stereocenters. The van der Waals surface area contributed by atoms with Gasteiger partial charge in [0.25, 0.3) is 0 Å². The van der Waals surface area contributed by atoms with Crippen LogP contribution in [0, 0.1) is 35.0 Å². The number of hydrogen-bond acceptors (Lipinski definition) is 5. The monoisotopic (exact) mass is 338 g/mol. The summed E-state index contributed by atoms with van der Waals surface area (Å²) in [5, 5.41) is 18.7. The van der Waals surface area contributed by atoms with Gasteiger partial charge in [-0.1, -0.05) is 6.92 Å². The first kappa shape index (κ1) is 16.9. The molecule has 2 saturated carbocycles. The van der Waals surface area contributed by atoms with Crippen molar-refractivity contribution in [2.75, 3.05) is 0 Å². The van der Waals surface area contributed by atoms with Crippen LogP contribution in [0.5, 0.6) is 0 Å². The molecule has 7 nitrogen and oxygen atoms in total. The minimum Gasteiger partial charge on any atom is -0.481 e. The van der Waals surface area contributed by atoms with E-state index in [0.29, 0.717) is 25.2 Å². The quantitative estimate of drug-likeness (QED) is 0.594. The molecule has 24 heavy (non-hydrogen) atoms. The standard InChI is InChI=1S/C17H22O7/c1-8-4-5-17(12(6-8)15(22)24-16(17)23)9-2-3-10(13(18)19)11(7-9)14(20)21/h8-12H,2-7H2,1H3,(H,18,19)(H,20,21). The number of carbonyl (C=O) groups is 4. The molecule has 0 bridgehead atoms. The molecule has 0 aromatic rings. The molecule has 3 fully saturated rings. The van der Waals surface area contributed by atoms with Crippen molar-refractivity contribution in [2.45, 2.75) is 45.4 Å². The summed E-state index contributed by atoms with van der Waals surface area (Å²) in [6.07, 6.45) is 2.63. The Hall–Kier alpha value is -1.92. The van der Waals surface area contributed by atoms with Crippen LogP contribution in [0.2, 0.25) is 0 Å². The number of carboxylic acids is 2. The maximum atomic E-state index is 12.5. The van der Waals surface area contributed by atoms with Gasteiger partial charge >= 0.3 is 23.9 Å². The van der Waals surface area contributed by atoms with E-state index in [1.54, 1.807) is 0 Å². The smallest absolute Gasteiger partial charge is 0.320 e. The first-order valence-electron chi connectivity index (χ1n) is 8.49. The van der Waals surface area contributed by atoms with Gasteiger partial charge in [-0.15, -0.1) is 0 Å². The summed E-state index contributed by atoms with van der Waals surface area (Å²) >= 11 is 0. The van der Waals surface area contributed by atoms with Crippen LogP contribution in [0.1, 0.15) is 45.4 Å². The van der Waals surface area contributed by atoms with Gasteiger partial charge in [0, 0.05) is 0 Å². The molecular weight excluding hydrogens is 316 g/mol. The molecule has 0 aromatic heterocycles. The highest BCUT2D eigenvalue weighted by atomic mass is 16.6. The molecule has 1 aliphatic heterocycles. The Labute approximate surface area is 139 Å². The molecule has 0 radical (unpaired) electrons. The van der Waals surface area contributed by atoms with Crippen LogP contribution in [0.3, 0.4) is 0 Å². The van der Waals surface area contributed by atoms with Crippen LogP contribution >= 0.6 is 0 Å². The molecule has 7 heteroatoms. The summed E-state index contributed by atoms with van der Waals surface area (Å²) in [7, 11) is 0. The zero-order valence-corrected chi connectivity index (χ0v) is 13.6. The Morgan fingerprint density at radius 3 is 2.33 bits per heavy atom. The molecular formula is C17H22O7. The van der Waals surface area contributed by atoms with Crippen LogP contribution in [0.4, 0.5) is 0 Å². The number of fused-ring (bicyclic) bond motifs is 1. The molecule has 2 N–H and O–H groups in total. The zero-order valence-electron chi connectivity index (χ0n) is 13.6. The highest BCUT2D eigenvalue weighted by Gasteiger charge is 2.64. The minimum atomic E-state index is -1.15. The minimum absolute atomic E-state index is 0.111. The summed E-state index contributed by atoms with van der Waals surface area (Å²) in [6.45, 7) is 2.03. The Morgan fingerprint density at radius 2 is 1.71 bits per heavy atom. The van der Waals surface area contributed by atoms with Crippen molar-refractivity contribution in [3.63, 3.8) is 0 Å². The first-order chi connectivity index (χ1) is 11.3. The van der Waals surface area contributed by atoms with Crippen molar-refractivity contribution >= 4 is 23.9 Å². The summed E-state index contributed by atoms with van der Waals surface area (Å²) in [4.78, 5) is 47.5.